The Morgan fingerprint density at radius 3 is 2.67 bits per heavy atom. The van der Waals surface area contributed by atoms with Gasteiger partial charge in [-0.2, -0.15) is 0 Å². The van der Waals surface area contributed by atoms with Crippen LogP contribution in [0.1, 0.15) is 38.3 Å². The van der Waals surface area contributed by atoms with Gasteiger partial charge in [-0.1, -0.05) is 20.8 Å². The molecule has 0 spiro atoms. The quantitative estimate of drug-likeness (QED) is 0.801. The summed E-state index contributed by atoms with van der Waals surface area (Å²) in [6.45, 7) is 9.82. The molecule has 0 saturated carbocycles. The first-order valence-corrected chi connectivity index (χ1v) is 5.78. The normalized spacial score (nSPS) is 13.1. The molecule has 0 aromatic carbocycles. The van der Waals surface area contributed by atoms with Crippen LogP contribution in [0.4, 0.5) is 0 Å². The lowest BCUT2D eigenvalue weighted by Gasteiger charge is -2.21. The highest BCUT2D eigenvalue weighted by molar-refractivity contribution is 5.21. The van der Waals surface area contributed by atoms with E-state index in [1.807, 2.05) is 12.4 Å². The zero-order valence-corrected chi connectivity index (χ0v) is 10.2. The van der Waals surface area contributed by atoms with Gasteiger partial charge in [-0.25, -0.2) is 0 Å². The number of nitrogens with one attached hydrogen (secondary N) is 1. The van der Waals surface area contributed by atoms with Crippen molar-refractivity contribution in [1.82, 2.24) is 10.3 Å². The molecular formula is C13H22N2. The summed E-state index contributed by atoms with van der Waals surface area (Å²) in [5, 5.41) is 3.60. The van der Waals surface area contributed by atoms with E-state index in [0.29, 0.717) is 12.0 Å². The first-order valence-electron chi connectivity index (χ1n) is 5.78. The van der Waals surface area contributed by atoms with Crippen LogP contribution in [0.15, 0.2) is 18.5 Å². The topological polar surface area (TPSA) is 24.9 Å². The van der Waals surface area contributed by atoms with E-state index in [-0.39, 0.29) is 0 Å². The van der Waals surface area contributed by atoms with Gasteiger partial charge >= 0.3 is 0 Å². The van der Waals surface area contributed by atoms with Crippen LogP contribution >= 0.6 is 0 Å². The molecular weight excluding hydrogens is 184 g/mol. The van der Waals surface area contributed by atoms with Gasteiger partial charge in [-0.15, -0.1) is 0 Å². The summed E-state index contributed by atoms with van der Waals surface area (Å²) in [6, 6.07) is 2.70. The third-order valence-corrected chi connectivity index (χ3v) is 2.94. The van der Waals surface area contributed by atoms with E-state index >= 15 is 0 Å². The predicted octanol–water partition coefficient (Wildman–Crippen LogP) is 2.91. The average Bonchev–Trinajstić information content (AvgIpc) is 2.21. The molecule has 1 aromatic rings. The minimum absolute atomic E-state index is 0.609. The largest absolute Gasteiger partial charge is 0.310 e. The Morgan fingerprint density at radius 1 is 1.40 bits per heavy atom. The number of aryl methyl sites for hydroxylation is 1. The smallest absolute Gasteiger partial charge is 0.0300 e. The van der Waals surface area contributed by atoms with Crippen LogP contribution in [0.2, 0.25) is 0 Å². The van der Waals surface area contributed by atoms with Gasteiger partial charge in [0, 0.05) is 25.0 Å². The van der Waals surface area contributed by atoms with Gasteiger partial charge in [0.15, 0.2) is 0 Å². The van der Waals surface area contributed by atoms with Crippen molar-refractivity contribution in [3.63, 3.8) is 0 Å². The van der Waals surface area contributed by atoms with Crippen LogP contribution in [0.3, 0.4) is 0 Å². The van der Waals surface area contributed by atoms with Crippen molar-refractivity contribution in [3.8, 4) is 0 Å². The molecule has 15 heavy (non-hydrogen) atoms. The van der Waals surface area contributed by atoms with E-state index in [9.17, 15) is 0 Å². The van der Waals surface area contributed by atoms with Gasteiger partial charge in [0.25, 0.3) is 0 Å². The maximum absolute atomic E-state index is 4.10. The van der Waals surface area contributed by atoms with Gasteiger partial charge in [0.05, 0.1) is 0 Å². The lowest BCUT2D eigenvalue weighted by atomic mass is 10.0. The van der Waals surface area contributed by atoms with Crippen molar-refractivity contribution in [2.24, 2.45) is 5.92 Å². The molecule has 1 rings (SSSR count). The zero-order valence-electron chi connectivity index (χ0n) is 10.2. The number of rotatable bonds is 5. The van der Waals surface area contributed by atoms with E-state index in [1.165, 1.54) is 17.5 Å². The molecule has 0 radical (unpaired) electrons. The number of hydrogen-bond donors (Lipinski definition) is 1. The second-order valence-corrected chi connectivity index (χ2v) is 4.44. The molecule has 84 valence electrons. The van der Waals surface area contributed by atoms with Gasteiger partial charge in [0.1, 0.15) is 0 Å². The summed E-state index contributed by atoms with van der Waals surface area (Å²) in [5.41, 5.74) is 2.62. The Bertz CT molecular complexity index is 294. The average molecular weight is 206 g/mol. The van der Waals surface area contributed by atoms with Crippen molar-refractivity contribution in [3.05, 3.63) is 29.6 Å². The second kappa shape index (κ2) is 5.86. The number of pyridine rings is 1. The van der Waals surface area contributed by atoms with E-state index < -0.39 is 0 Å². The zero-order chi connectivity index (χ0) is 11.3. The molecule has 1 unspecified atom stereocenters. The minimum atomic E-state index is 0.609. The highest BCUT2D eigenvalue weighted by Crippen LogP contribution is 2.09. The fraction of sp³-hybridized carbons (Fsp3) is 0.615. The van der Waals surface area contributed by atoms with E-state index in [2.05, 4.69) is 44.1 Å². The highest BCUT2D eigenvalue weighted by Gasteiger charge is 2.10. The molecule has 2 heteroatoms. The van der Waals surface area contributed by atoms with Crippen molar-refractivity contribution in [1.29, 1.82) is 0 Å². The Kier molecular flexibility index (Phi) is 4.76. The molecule has 0 fully saturated rings. The number of aromatic nitrogens is 1. The fourth-order valence-corrected chi connectivity index (χ4v) is 1.79. The first-order chi connectivity index (χ1) is 7.15. The van der Waals surface area contributed by atoms with Crippen molar-refractivity contribution in [2.75, 3.05) is 0 Å². The lowest BCUT2D eigenvalue weighted by Crippen LogP contribution is -2.32. The minimum Gasteiger partial charge on any atom is -0.310 e. The molecule has 0 saturated heterocycles. The Morgan fingerprint density at radius 2 is 2.13 bits per heavy atom. The third kappa shape index (κ3) is 3.63. The van der Waals surface area contributed by atoms with Crippen LogP contribution in [-0.4, -0.2) is 11.0 Å². The lowest BCUT2D eigenvalue weighted by molar-refractivity contribution is 0.387. The molecule has 1 N–H and O–H groups in total. The molecule has 0 aliphatic carbocycles. The fourth-order valence-electron chi connectivity index (χ4n) is 1.79. The van der Waals surface area contributed by atoms with Crippen LogP contribution in [0.5, 0.6) is 0 Å². The van der Waals surface area contributed by atoms with Gasteiger partial charge in [0.2, 0.25) is 0 Å². The molecule has 1 atom stereocenters. The second-order valence-electron chi connectivity index (χ2n) is 4.44. The SMILES string of the molecule is CCC(NCc1ccncc1C)C(C)C. The molecule has 2 nitrogen and oxygen atoms in total. The maximum atomic E-state index is 4.10. The summed E-state index contributed by atoms with van der Waals surface area (Å²) in [4.78, 5) is 4.10. The van der Waals surface area contributed by atoms with Crippen molar-refractivity contribution >= 4 is 0 Å². The summed E-state index contributed by atoms with van der Waals surface area (Å²) in [6.07, 6.45) is 4.97. The molecule has 0 aliphatic rings. The van der Waals surface area contributed by atoms with Crippen LogP contribution in [-0.2, 0) is 6.54 Å². The van der Waals surface area contributed by atoms with Crippen LogP contribution < -0.4 is 5.32 Å². The van der Waals surface area contributed by atoms with E-state index in [4.69, 9.17) is 0 Å². The third-order valence-electron chi connectivity index (χ3n) is 2.94. The summed E-state index contributed by atoms with van der Waals surface area (Å²) in [5.74, 6) is 0.692. The molecule has 1 heterocycles. The van der Waals surface area contributed by atoms with Gasteiger partial charge in [-0.3, -0.25) is 4.98 Å². The maximum Gasteiger partial charge on any atom is 0.0300 e. The summed E-state index contributed by atoms with van der Waals surface area (Å²) >= 11 is 0. The van der Waals surface area contributed by atoms with Crippen LogP contribution in [0.25, 0.3) is 0 Å². The molecule has 0 amide bonds. The molecule has 1 aromatic heterocycles. The molecule has 0 bridgehead atoms. The van der Waals surface area contributed by atoms with Gasteiger partial charge in [-0.05, 0) is 36.5 Å². The van der Waals surface area contributed by atoms with E-state index in [1.54, 1.807) is 0 Å². The molecule has 0 aliphatic heterocycles. The summed E-state index contributed by atoms with van der Waals surface area (Å²) < 4.78 is 0. The predicted molar refractivity (Wildman–Crippen MR) is 64.7 cm³/mol. The first kappa shape index (κ1) is 12.2. The Hall–Kier alpha value is -0.890. The number of hydrogen-bond acceptors (Lipinski definition) is 2. The summed E-state index contributed by atoms with van der Waals surface area (Å²) in [7, 11) is 0. The highest BCUT2D eigenvalue weighted by atomic mass is 14.9. The van der Waals surface area contributed by atoms with Crippen molar-refractivity contribution < 1.29 is 0 Å². The monoisotopic (exact) mass is 206 g/mol. The Labute approximate surface area is 93.1 Å². The van der Waals surface area contributed by atoms with Crippen molar-refractivity contribution in [2.45, 2.75) is 46.7 Å². The standard InChI is InChI=1S/C13H22N2/c1-5-13(10(2)3)15-9-12-6-7-14-8-11(12)4/h6-8,10,13,15H,5,9H2,1-4H3. The number of nitrogens with zero attached hydrogens (tertiary/aromatic N) is 1. The van der Waals surface area contributed by atoms with Gasteiger partial charge < -0.3 is 5.32 Å². The van der Waals surface area contributed by atoms with Crippen LogP contribution in [0, 0.1) is 12.8 Å². The Balaban J connectivity index is 2.53. The van der Waals surface area contributed by atoms with E-state index in [0.717, 1.165) is 6.54 Å².